The SMILES string of the molecule is OOC1(OOC2(OO)CCCN2)CCCN1. The summed E-state index contributed by atoms with van der Waals surface area (Å²) in [7, 11) is 0. The third-order valence-electron chi connectivity index (χ3n) is 2.76. The Morgan fingerprint density at radius 3 is 1.50 bits per heavy atom. The fourth-order valence-electron chi connectivity index (χ4n) is 1.84. The molecule has 4 N–H and O–H groups in total. The number of rotatable bonds is 5. The molecule has 8 heteroatoms. The first-order valence-corrected chi connectivity index (χ1v) is 5.26. The summed E-state index contributed by atoms with van der Waals surface area (Å²) >= 11 is 0. The van der Waals surface area contributed by atoms with Gasteiger partial charge in [-0.05, 0) is 12.8 Å². The summed E-state index contributed by atoms with van der Waals surface area (Å²) in [4.78, 5) is 18.4. The van der Waals surface area contributed by atoms with Crippen LogP contribution < -0.4 is 10.6 Å². The molecule has 0 aromatic carbocycles. The second-order valence-electron chi connectivity index (χ2n) is 3.92. The maximum absolute atomic E-state index is 8.76. The molecule has 94 valence electrons. The molecule has 2 heterocycles. The molecule has 0 aliphatic carbocycles. The van der Waals surface area contributed by atoms with E-state index in [-0.39, 0.29) is 0 Å². The Balaban J connectivity index is 1.89. The van der Waals surface area contributed by atoms with Crippen LogP contribution in [0.1, 0.15) is 25.7 Å². The van der Waals surface area contributed by atoms with Crippen molar-refractivity contribution in [1.29, 1.82) is 0 Å². The summed E-state index contributed by atoms with van der Waals surface area (Å²) in [5.41, 5.74) is 0. The minimum atomic E-state index is -1.38. The first kappa shape index (κ1) is 12.1. The number of nitrogens with one attached hydrogen (secondary N) is 2. The van der Waals surface area contributed by atoms with Crippen LogP contribution in [0.15, 0.2) is 0 Å². The molecule has 0 radical (unpaired) electrons. The van der Waals surface area contributed by atoms with E-state index in [1.807, 2.05) is 0 Å². The van der Waals surface area contributed by atoms with E-state index >= 15 is 0 Å². The van der Waals surface area contributed by atoms with Crippen LogP contribution in [0.3, 0.4) is 0 Å². The standard InChI is InChI=1S/C8H16N2O6/c11-13-7(3-1-5-9-7)15-16-8(14-12)4-2-6-10-8/h9-12H,1-6H2. The molecule has 0 spiro atoms. The van der Waals surface area contributed by atoms with Crippen LogP contribution >= 0.6 is 0 Å². The van der Waals surface area contributed by atoms with E-state index in [9.17, 15) is 0 Å². The first-order valence-electron chi connectivity index (χ1n) is 5.26. The summed E-state index contributed by atoms with van der Waals surface area (Å²) in [5.74, 6) is -2.76. The first-order chi connectivity index (χ1) is 7.74. The molecule has 2 aliphatic heterocycles. The van der Waals surface area contributed by atoms with Gasteiger partial charge >= 0.3 is 0 Å². The third kappa shape index (κ3) is 2.34. The molecule has 0 amide bonds. The van der Waals surface area contributed by atoms with Gasteiger partial charge in [0.05, 0.1) is 0 Å². The van der Waals surface area contributed by atoms with Crippen LogP contribution in [0.5, 0.6) is 0 Å². The van der Waals surface area contributed by atoms with Gasteiger partial charge in [0.15, 0.2) is 0 Å². The quantitative estimate of drug-likeness (QED) is 0.300. The van der Waals surface area contributed by atoms with Crippen molar-refractivity contribution in [2.24, 2.45) is 0 Å². The highest BCUT2D eigenvalue weighted by Gasteiger charge is 2.44. The summed E-state index contributed by atoms with van der Waals surface area (Å²) in [5, 5.41) is 23.1. The van der Waals surface area contributed by atoms with Gasteiger partial charge < -0.3 is 0 Å². The summed E-state index contributed by atoms with van der Waals surface area (Å²) < 4.78 is 0. The van der Waals surface area contributed by atoms with Gasteiger partial charge in [0.25, 0.3) is 11.8 Å². The van der Waals surface area contributed by atoms with Gasteiger partial charge in [-0.25, -0.2) is 10.5 Å². The predicted octanol–water partition coefficient (Wildman–Crippen LogP) is -0.0118. The molecule has 0 aromatic rings. The highest BCUT2D eigenvalue weighted by Crippen LogP contribution is 2.27. The zero-order valence-electron chi connectivity index (χ0n) is 8.77. The Hall–Kier alpha value is -0.320. The van der Waals surface area contributed by atoms with Crippen LogP contribution in [0.2, 0.25) is 0 Å². The Morgan fingerprint density at radius 2 is 1.25 bits per heavy atom. The normalized spacial score (nSPS) is 39.4. The molecule has 2 unspecified atom stereocenters. The monoisotopic (exact) mass is 236 g/mol. The molecule has 2 rings (SSSR count). The molecule has 2 fully saturated rings. The van der Waals surface area contributed by atoms with Gasteiger partial charge in [0.1, 0.15) is 0 Å². The Morgan fingerprint density at radius 1 is 0.812 bits per heavy atom. The lowest BCUT2D eigenvalue weighted by Crippen LogP contribution is -2.51. The van der Waals surface area contributed by atoms with Crippen molar-refractivity contribution in [2.45, 2.75) is 37.5 Å². The topological polar surface area (TPSA) is 101 Å². The molecule has 8 nitrogen and oxygen atoms in total. The molecule has 0 aromatic heterocycles. The lowest BCUT2D eigenvalue weighted by molar-refractivity contribution is -0.577. The van der Waals surface area contributed by atoms with Gasteiger partial charge in [-0.2, -0.15) is 19.6 Å². The van der Waals surface area contributed by atoms with E-state index in [4.69, 9.17) is 20.3 Å². The summed E-state index contributed by atoms with van der Waals surface area (Å²) in [6, 6.07) is 0. The average Bonchev–Trinajstić information content (AvgIpc) is 2.97. The maximum atomic E-state index is 8.76. The maximum Gasteiger partial charge on any atom is 0.287 e. The highest BCUT2D eigenvalue weighted by atomic mass is 17.3. The van der Waals surface area contributed by atoms with Gasteiger partial charge in [-0.15, -0.1) is 0 Å². The van der Waals surface area contributed by atoms with Crippen molar-refractivity contribution in [3.63, 3.8) is 0 Å². The van der Waals surface area contributed by atoms with Crippen molar-refractivity contribution in [3.8, 4) is 0 Å². The van der Waals surface area contributed by atoms with Crippen molar-refractivity contribution in [3.05, 3.63) is 0 Å². The van der Waals surface area contributed by atoms with E-state index in [1.54, 1.807) is 0 Å². The molecule has 2 atom stereocenters. The zero-order valence-corrected chi connectivity index (χ0v) is 8.77. The fourth-order valence-corrected chi connectivity index (χ4v) is 1.84. The summed E-state index contributed by atoms with van der Waals surface area (Å²) in [6.45, 7) is 1.29. The third-order valence-corrected chi connectivity index (χ3v) is 2.76. The minimum Gasteiger partial charge on any atom is -0.262 e. The van der Waals surface area contributed by atoms with Gasteiger partial charge in [0.2, 0.25) is 0 Å². The van der Waals surface area contributed by atoms with Crippen molar-refractivity contribution >= 4 is 0 Å². The van der Waals surface area contributed by atoms with Gasteiger partial charge in [-0.1, -0.05) is 0 Å². The lowest BCUT2D eigenvalue weighted by atomic mass is 10.3. The van der Waals surface area contributed by atoms with E-state index in [1.165, 1.54) is 0 Å². The van der Waals surface area contributed by atoms with Crippen LogP contribution in [0.4, 0.5) is 0 Å². The second kappa shape index (κ2) is 4.90. The Bertz CT molecular complexity index is 203. The molecule has 2 saturated heterocycles. The highest BCUT2D eigenvalue weighted by molar-refractivity contribution is 4.75. The van der Waals surface area contributed by atoms with E-state index in [0.717, 1.165) is 12.8 Å². The van der Waals surface area contributed by atoms with Crippen molar-refractivity contribution in [2.75, 3.05) is 13.1 Å². The van der Waals surface area contributed by atoms with Gasteiger partial charge in [-0.3, -0.25) is 10.6 Å². The van der Waals surface area contributed by atoms with Crippen LogP contribution in [-0.4, -0.2) is 35.4 Å². The molecular formula is C8H16N2O6. The second-order valence-corrected chi connectivity index (χ2v) is 3.92. The van der Waals surface area contributed by atoms with Crippen LogP contribution in [-0.2, 0) is 19.6 Å². The largest absolute Gasteiger partial charge is 0.287 e. The Labute approximate surface area is 92.2 Å². The smallest absolute Gasteiger partial charge is 0.262 e. The lowest BCUT2D eigenvalue weighted by Gasteiger charge is -2.30. The molecule has 16 heavy (non-hydrogen) atoms. The van der Waals surface area contributed by atoms with Crippen molar-refractivity contribution < 1.29 is 30.1 Å². The predicted molar refractivity (Wildman–Crippen MR) is 49.5 cm³/mol. The van der Waals surface area contributed by atoms with E-state index in [0.29, 0.717) is 25.9 Å². The molecule has 0 saturated carbocycles. The minimum absolute atomic E-state index is 0.436. The molecular weight excluding hydrogens is 220 g/mol. The van der Waals surface area contributed by atoms with Gasteiger partial charge in [0, 0.05) is 25.9 Å². The number of hydrogen-bond donors (Lipinski definition) is 4. The molecule has 0 bridgehead atoms. The van der Waals surface area contributed by atoms with Crippen LogP contribution in [0.25, 0.3) is 0 Å². The van der Waals surface area contributed by atoms with Crippen molar-refractivity contribution in [1.82, 2.24) is 10.6 Å². The fraction of sp³-hybridized carbons (Fsp3) is 1.00. The average molecular weight is 236 g/mol. The number of hydrogen-bond acceptors (Lipinski definition) is 8. The molecule has 2 aliphatic rings. The zero-order chi connectivity index (χ0) is 11.5. The Kier molecular flexibility index (Phi) is 3.72. The van der Waals surface area contributed by atoms with Crippen LogP contribution in [0, 0.1) is 0 Å². The van der Waals surface area contributed by atoms with E-state index < -0.39 is 11.8 Å². The summed E-state index contributed by atoms with van der Waals surface area (Å²) in [6.07, 6.45) is 2.44. The van der Waals surface area contributed by atoms with E-state index in [2.05, 4.69) is 20.4 Å².